The molecule has 0 radical (unpaired) electrons. The zero-order chi connectivity index (χ0) is 14.3. The van der Waals surface area contributed by atoms with Gasteiger partial charge in [-0.3, -0.25) is 9.79 Å². The van der Waals surface area contributed by atoms with E-state index in [1.54, 1.807) is 11.3 Å². The van der Waals surface area contributed by atoms with Gasteiger partial charge in [0.15, 0.2) is 0 Å². The maximum Gasteiger partial charge on any atom is 0.246 e. The summed E-state index contributed by atoms with van der Waals surface area (Å²) >= 11 is 1.62. The number of fused-ring (bicyclic) bond motifs is 1. The molecule has 1 aromatic heterocycles. The number of nitrogens with one attached hydrogen (secondary N) is 1. The second-order valence-corrected chi connectivity index (χ2v) is 6.29. The summed E-state index contributed by atoms with van der Waals surface area (Å²) in [6, 6.07) is 8.29. The zero-order valence-electron chi connectivity index (χ0n) is 11.8. The molecule has 1 aliphatic heterocycles. The quantitative estimate of drug-likeness (QED) is 0.856. The van der Waals surface area contributed by atoms with E-state index in [0.29, 0.717) is 0 Å². The first-order valence-electron chi connectivity index (χ1n) is 6.58. The van der Waals surface area contributed by atoms with Crippen LogP contribution >= 0.6 is 11.3 Å². The molecule has 4 heteroatoms. The molecule has 0 saturated carbocycles. The van der Waals surface area contributed by atoms with Crippen molar-refractivity contribution in [1.29, 1.82) is 0 Å². The van der Waals surface area contributed by atoms with Gasteiger partial charge in [-0.25, -0.2) is 0 Å². The molecule has 2 heterocycles. The Balaban J connectivity index is 2.20. The Morgan fingerprint density at radius 3 is 2.55 bits per heavy atom. The predicted molar refractivity (Wildman–Crippen MR) is 84.1 cm³/mol. The second-order valence-electron chi connectivity index (χ2n) is 5.07. The van der Waals surface area contributed by atoms with Gasteiger partial charge in [0.05, 0.1) is 5.71 Å². The standard InChI is InChI=1S/C16H16N2OS/c1-9-4-6-12(7-5-9)15-14-10(2)11(3)20-16(14)18-13(19)8-17-15/h4-7H,8H2,1-3H3,(H,18,19). The molecule has 0 aliphatic carbocycles. The van der Waals surface area contributed by atoms with Gasteiger partial charge in [0.2, 0.25) is 5.91 Å². The fraction of sp³-hybridized carbons (Fsp3) is 0.250. The van der Waals surface area contributed by atoms with Crippen molar-refractivity contribution in [2.75, 3.05) is 11.9 Å². The number of carbonyl (C=O) groups is 1. The molecule has 1 amide bonds. The average Bonchev–Trinajstić information content (AvgIpc) is 2.59. The minimum atomic E-state index is -0.0467. The van der Waals surface area contributed by atoms with E-state index < -0.39 is 0 Å². The van der Waals surface area contributed by atoms with Crippen molar-refractivity contribution >= 4 is 28.0 Å². The van der Waals surface area contributed by atoms with Gasteiger partial charge < -0.3 is 5.32 Å². The number of hydrogen-bond acceptors (Lipinski definition) is 3. The Labute approximate surface area is 122 Å². The third-order valence-corrected chi connectivity index (χ3v) is 4.70. The molecule has 1 aromatic carbocycles. The molecule has 2 aromatic rings. The first-order chi connectivity index (χ1) is 9.56. The summed E-state index contributed by atoms with van der Waals surface area (Å²) in [4.78, 5) is 17.5. The van der Waals surface area contributed by atoms with Crippen LogP contribution in [0.2, 0.25) is 0 Å². The largest absolute Gasteiger partial charge is 0.316 e. The third-order valence-electron chi connectivity index (χ3n) is 3.58. The van der Waals surface area contributed by atoms with E-state index in [1.165, 1.54) is 16.0 Å². The number of thiophene rings is 1. The van der Waals surface area contributed by atoms with Crippen LogP contribution in [-0.2, 0) is 4.79 Å². The van der Waals surface area contributed by atoms with Crippen molar-refractivity contribution in [2.24, 2.45) is 4.99 Å². The summed E-state index contributed by atoms with van der Waals surface area (Å²) in [6.07, 6.45) is 0. The van der Waals surface area contributed by atoms with E-state index in [1.807, 2.05) is 0 Å². The third kappa shape index (κ3) is 2.16. The van der Waals surface area contributed by atoms with E-state index in [9.17, 15) is 4.79 Å². The van der Waals surface area contributed by atoms with Crippen molar-refractivity contribution in [3.8, 4) is 0 Å². The first kappa shape index (κ1) is 13.1. The number of amides is 1. The molecule has 0 spiro atoms. The number of rotatable bonds is 1. The summed E-state index contributed by atoms with van der Waals surface area (Å²) in [6.45, 7) is 6.41. The van der Waals surface area contributed by atoms with E-state index >= 15 is 0 Å². The molecule has 1 aliphatic rings. The Morgan fingerprint density at radius 1 is 1.15 bits per heavy atom. The van der Waals surface area contributed by atoms with Gasteiger partial charge in [-0.15, -0.1) is 11.3 Å². The lowest BCUT2D eigenvalue weighted by Crippen LogP contribution is -2.12. The van der Waals surface area contributed by atoms with Gasteiger partial charge in [-0.1, -0.05) is 29.8 Å². The lowest BCUT2D eigenvalue weighted by atomic mass is 9.99. The molecule has 3 rings (SSSR count). The Bertz CT molecular complexity index is 711. The highest BCUT2D eigenvalue weighted by Gasteiger charge is 2.23. The zero-order valence-corrected chi connectivity index (χ0v) is 12.6. The number of anilines is 1. The van der Waals surface area contributed by atoms with Crippen molar-refractivity contribution < 1.29 is 4.79 Å². The van der Waals surface area contributed by atoms with Crippen molar-refractivity contribution in [2.45, 2.75) is 20.8 Å². The van der Waals surface area contributed by atoms with Crippen LogP contribution in [0, 0.1) is 20.8 Å². The highest BCUT2D eigenvalue weighted by atomic mass is 32.1. The highest BCUT2D eigenvalue weighted by Crippen LogP contribution is 2.35. The summed E-state index contributed by atoms with van der Waals surface area (Å²) in [5, 5.41) is 3.88. The summed E-state index contributed by atoms with van der Waals surface area (Å²) in [5.41, 5.74) is 5.47. The Morgan fingerprint density at radius 2 is 1.85 bits per heavy atom. The van der Waals surface area contributed by atoms with E-state index in [2.05, 4.69) is 55.3 Å². The Hall–Kier alpha value is -1.94. The van der Waals surface area contributed by atoms with Crippen LogP contribution in [0.15, 0.2) is 29.3 Å². The number of nitrogens with zero attached hydrogens (tertiary/aromatic N) is 1. The van der Waals surface area contributed by atoms with Crippen LogP contribution in [-0.4, -0.2) is 18.2 Å². The predicted octanol–water partition coefficient (Wildman–Crippen LogP) is 3.46. The smallest absolute Gasteiger partial charge is 0.246 e. The van der Waals surface area contributed by atoms with Crippen LogP contribution in [0.1, 0.15) is 27.1 Å². The van der Waals surface area contributed by atoms with E-state index in [-0.39, 0.29) is 12.5 Å². The maximum absolute atomic E-state index is 11.8. The van der Waals surface area contributed by atoms with Gasteiger partial charge in [-0.05, 0) is 26.3 Å². The van der Waals surface area contributed by atoms with Crippen LogP contribution in [0.5, 0.6) is 0 Å². The number of aryl methyl sites for hydroxylation is 2. The fourth-order valence-corrected chi connectivity index (χ4v) is 3.42. The molecule has 0 saturated heterocycles. The summed E-state index contributed by atoms with van der Waals surface area (Å²) < 4.78 is 0. The maximum atomic E-state index is 11.8. The molecular weight excluding hydrogens is 268 g/mol. The first-order valence-corrected chi connectivity index (χ1v) is 7.39. The SMILES string of the molecule is Cc1ccc(C2=NCC(=O)Nc3sc(C)c(C)c32)cc1. The highest BCUT2D eigenvalue weighted by molar-refractivity contribution is 7.17. The van der Waals surface area contributed by atoms with E-state index in [0.717, 1.165) is 21.8 Å². The van der Waals surface area contributed by atoms with Crippen molar-refractivity contribution in [3.05, 3.63) is 51.4 Å². The minimum absolute atomic E-state index is 0.0467. The van der Waals surface area contributed by atoms with Crippen molar-refractivity contribution in [3.63, 3.8) is 0 Å². The number of carbonyl (C=O) groups excluding carboxylic acids is 1. The molecular formula is C16H16N2OS. The van der Waals surface area contributed by atoms with Gasteiger partial charge in [0, 0.05) is 16.0 Å². The molecule has 102 valence electrons. The summed E-state index contributed by atoms with van der Waals surface area (Å²) in [7, 11) is 0. The molecule has 0 unspecified atom stereocenters. The van der Waals surface area contributed by atoms with Gasteiger partial charge in [0.1, 0.15) is 11.5 Å². The van der Waals surface area contributed by atoms with Crippen LogP contribution in [0.4, 0.5) is 5.00 Å². The van der Waals surface area contributed by atoms with E-state index in [4.69, 9.17) is 0 Å². The topological polar surface area (TPSA) is 41.5 Å². The normalized spacial score (nSPS) is 14.3. The summed E-state index contributed by atoms with van der Waals surface area (Å²) in [5.74, 6) is -0.0467. The molecule has 0 atom stereocenters. The monoisotopic (exact) mass is 284 g/mol. The van der Waals surface area contributed by atoms with Gasteiger partial charge >= 0.3 is 0 Å². The van der Waals surface area contributed by atoms with Gasteiger partial charge in [0.25, 0.3) is 0 Å². The number of benzene rings is 1. The van der Waals surface area contributed by atoms with Crippen molar-refractivity contribution in [1.82, 2.24) is 0 Å². The van der Waals surface area contributed by atoms with Crippen LogP contribution in [0.3, 0.4) is 0 Å². The molecule has 1 N–H and O–H groups in total. The lowest BCUT2D eigenvalue weighted by molar-refractivity contribution is -0.114. The molecule has 3 nitrogen and oxygen atoms in total. The second kappa shape index (κ2) is 4.87. The Kier molecular flexibility index (Phi) is 3.18. The molecule has 20 heavy (non-hydrogen) atoms. The van der Waals surface area contributed by atoms with Gasteiger partial charge in [-0.2, -0.15) is 0 Å². The number of hydrogen-bond donors (Lipinski definition) is 1. The lowest BCUT2D eigenvalue weighted by Gasteiger charge is -2.07. The fourth-order valence-electron chi connectivity index (χ4n) is 2.34. The molecule has 0 fully saturated rings. The molecule has 0 bridgehead atoms. The van der Waals surface area contributed by atoms with Crippen LogP contribution < -0.4 is 5.32 Å². The van der Waals surface area contributed by atoms with Crippen LogP contribution in [0.25, 0.3) is 0 Å². The minimum Gasteiger partial charge on any atom is -0.316 e. The number of aliphatic imine (C=N–C) groups is 1. The average molecular weight is 284 g/mol.